The average molecular weight is 229 g/mol. The van der Waals surface area contributed by atoms with Crippen LogP contribution in [0.1, 0.15) is 15.9 Å². The number of carboxylic acid groups (broad SMARTS) is 1. The molecule has 0 aliphatic heterocycles. The second-order valence-corrected chi connectivity index (χ2v) is 3.29. The lowest BCUT2D eigenvalue weighted by atomic mass is 10.1. The number of rotatable bonds is 3. The molecular formula is C10H9ClO4. The molecule has 0 amide bonds. The molecule has 0 aliphatic rings. The zero-order chi connectivity index (χ0) is 11.6. The van der Waals surface area contributed by atoms with Crippen LogP contribution < -0.4 is 4.74 Å². The molecule has 1 aromatic carbocycles. The van der Waals surface area contributed by atoms with E-state index in [9.17, 15) is 9.59 Å². The smallest absolute Gasteiger partial charge is 0.377 e. The van der Waals surface area contributed by atoms with Crippen molar-refractivity contribution in [2.45, 2.75) is 6.92 Å². The molecule has 15 heavy (non-hydrogen) atoms. The number of methoxy groups -OCH3 is 1. The molecule has 0 saturated carbocycles. The van der Waals surface area contributed by atoms with Crippen LogP contribution in [0.5, 0.6) is 5.75 Å². The van der Waals surface area contributed by atoms with E-state index >= 15 is 0 Å². The van der Waals surface area contributed by atoms with Gasteiger partial charge in [0, 0.05) is 0 Å². The van der Waals surface area contributed by atoms with Gasteiger partial charge in [-0.05, 0) is 18.6 Å². The maximum atomic E-state index is 11.2. The maximum absolute atomic E-state index is 11.2. The van der Waals surface area contributed by atoms with Crippen molar-refractivity contribution in [2.24, 2.45) is 0 Å². The van der Waals surface area contributed by atoms with Gasteiger partial charge in [0.05, 0.1) is 17.7 Å². The number of ketones is 1. The second kappa shape index (κ2) is 4.31. The lowest BCUT2D eigenvalue weighted by Gasteiger charge is -2.09. The fourth-order valence-electron chi connectivity index (χ4n) is 1.15. The first-order valence-corrected chi connectivity index (χ1v) is 4.47. The van der Waals surface area contributed by atoms with Crippen LogP contribution in [0.2, 0.25) is 5.02 Å². The highest BCUT2D eigenvalue weighted by molar-refractivity contribution is 6.42. The number of hydrogen-bond acceptors (Lipinski definition) is 3. The van der Waals surface area contributed by atoms with E-state index in [1.807, 2.05) is 0 Å². The Labute approximate surface area is 91.4 Å². The van der Waals surface area contributed by atoms with Crippen LogP contribution in [-0.2, 0) is 4.79 Å². The number of benzene rings is 1. The molecule has 4 nitrogen and oxygen atoms in total. The van der Waals surface area contributed by atoms with Gasteiger partial charge in [-0.3, -0.25) is 4.79 Å². The fraction of sp³-hybridized carbons (Fsp3) is 0.200. The lowest BCUT2D eigenvalue weighted by Crippen LogP contribution is -2.14. The van der Waals surface area contributed by atoms with E-state index in [0.717, 1.165) is 5.56 Å². The molecule has 5 heteroatoms. The van der Waals surface area contributed by atoms with E-state index in [-0.39, 0.29) is 16.3 Å². The van der Waals surface area contributed by atoms with E-state index < -0.39 is 11.8 Å². The maximum Gasteiger partial charge on any atom is 0.377 e. The molecule has 0 fully saturated rings. The summed E-state index contributed by atoms with van der Waals surface area (Å²) in [6, 6.07) is 2.96. The Kier molecular flexibility index (Phi) is 3.31. The Morgan fingerprint density at radius 1 is 1.40 bits per heavy atom. The van der Waals surface area contributed by atoms with Gasteiger partial charge in [0.15, 0.2) is 0 Å². The third-order valence-corrected chi connectivity index (χ3v) is 2.40. The highest BCUT2D eigenvalue weighted by Crippen LogP contribution is 2.31. The molecule has 1 rings (SSSR count). The normalized spacial score (nSPS) is 9.80. The highest BCUT2D eigenvalue weighted by atomic mass is 35.5. The minimum atomic E-state index is -1.53. The molecule has 1 N–H and O–H groups in total. The van der Waals surface area contributed by atoms with Gasteiger partial charge in [-0.2, -0.15) is 0 Å². The van der Waals surface area contributed by atoms with Crippen molar-refractivity contribution in [3.05, 3.63) is 28.3 Å². The molecule has 80 valence electrons. The first-order chi connectivity index (χ1) is 6.99. The zero-order valence-corrected chi connectivity index (χ0v) is 8.96. The van der Waals surface area contributed by atoms with Crippen LogP contribution in [0.15, 0.2) is 12.1 Å². The van der Waals surface area contributed by atoms with Crippen molar-refractivity contribution >= 4 is 23.4 Å². The Morgan fingerprint density at radius 2 is 2.00 bits per heavy atom. The minimum absolute atomic E-state index is 0.0411. The summed E-state index contributed by atoms with van der Waals surface area (Å²) >= 11 is 5.88. The number of aliphatic carboxylic acids is 1. The van der Waals surface area contributed by atoms with Crippen molar-refractivity contribution in [1.82, 2.24) is 0 Å². The Bertz CT molecular complexity index is 426. The molecule has 0 aliphatic carbocycles. The summed E-state index contributed by atoms with van der Waals surface area (Å²) in [5.74, 6) is -2.47. The fourth-order valence-corrected chi connectivity index (χ4v) is 1.39. The van der Waals surface area contributed by atoms with Crippen LogP contribution in [-0.4, -0.2) is 24.0 Å². The summed E-state index contributed by atoms with van der Waals surface area (Å²) < 4.78 is 4.91. The Balaban J connectivity index is 3.37. The van der Waals surface area contributed by atoms with Gasteiger partial charge in [-0.25, -0.2) is 4.79 Å². The molecule has 0 heterocycles. The van der Waals surface area contributed by atoms with E-state index in [1.54, 1.807) is 13.0 Å². The molecule has 0 saturated heterocycles. The third-order valence-electron chi connectivity index (χ3n) is 1.93. The van der Waals surface area contributed by atoms with E-state index in [4.69, 9.17) is 21.4 Å². The first-order valence-electron chi connectivity index (χ1n) is 4.09. The first kappa shape index (κ1) is 11.5. The third kappa shape index (κ3) is 2.10. The van der Waals surface area contributed by atoms with Crippen LogP contribution in [0.4, 0.5) is 0 Å². The van der Waals surface area contributed by atoms with Crippen molar-refractivity contribution in [3.8, 4) is 5.75 Å². The van der Waals surface area contributed by atoms with Crippen molar-refractivity contribution in [1.29, 1.82) is 0 Å². The van der Waals surface area contributed by atoms with Crippen molar-refractivity contribution < 1.29 is 19.4 Å². The molecule has 0 unspecified atom stereocenters. The SMILES string of the molecule is COc1c(C(=O)C(=O)O)ccc(C)c1Cl. The number of ether oxygens (including phenoxy) is 1. The van der Waals surface area contributed by atoms with Crippen molar-refractivity contribution in [3.63, 3.8) is 0 Å². The monoisotopic (exact) mass is 228 g/mol. The number of aryl methyl sites for hydroxylation is 1. The number of carbonyl (C=O) groups is 2. The average Bonchev–Trinajstić information content (AvgIpc) is 2.20. The van der Waals surface area contributed by atoms with E-state index in [0.29, 0.717) is 0 Å². The summed E-state index contributed by atoms with van der Waals surface area (Å²) in [5.41, 5.74) is 0.677. The number of carbonyl (C=O) groups excluding carboxylic acids is 1. The summed E-state index contributed by atoms with van der Waals surface area (Å²) in [6.07, 6.45) is 0. The Hall–Kier alpha value is -1.55. The predicted molar refractivity (Wildman–Crippen MR) is 54.7 cm³/mol. The number of halogens is 1. The van der Waals surface area contributed by atoms with Gasteiger partial charge in [-0.15, -0.1) is 0 Å². The largest absolute Gasteiger partial charge is 0.494 e. The lowest BCUT2D eigenvalue weighted by molar-refractivity contribution is -0.131. The molecule has 0 aromatic heterocycles. The topological polar surface area (TPSA) is 63.6 Å². The van der Waals surface area contributed by atoms with Crippen LogP contribution in [0, 0.1) is 6.92 Å². The summed E-state index contributed by atoms with van der Waals surface area (Å²) in [7, 11) is 1.33. The molecule has 1 aromatic rings. The molecular weight excluding hydrogens is 220 g/mol. The summed E-state index contributed by atoms with van der Waals surface area (Å²) in [5, 5.41) is 8.82. The zero-order valence-electron chi connectivity index (χ0n) is 8.20. The standard InChI is InChI=1S/C10H9ClO4/c1-5-3-4-6(8(12)10(13)14)9(15-2)7(5)11/h3-4H,1-2H3,(H,13,14). The molecule has 0 radical (unpaired) electrons. The number of carboxylic acids is 1. The molecule has 0 atom stereocenters. The predicted octanol–water partition coefficient (Wildman–Crippen LogP) is 1.92. The van der Waals surface area contributed by atoms with Gasteiger partial charge in [0.1, 0.15) is 5.75 Å². The van der Waals surface area contributed by atoms with Gasteiger partial charge in [-0.1, -0.05) is 17.7 Å². The molecule has 0 spiro atoms. The second-order valence-electron chi connectivity index (χ2n) is 2.91. The number of hydrogen-bond donors (Lipinski definition) is 1. The molecule has 0 bridgehead atoms. The van der Waals surface area contributed by atoms with Crippen LogP contribution in [0.25, 0.3) is 0 Å². The van der Waals surface area contributed by atoms with Crippen LogP contribution >= 0.6 is 11.6 Å². The summed E-state index contributed by atoms with van der Waals surface area (Å²) in [4.78, 5) is 21.8. The van der Waals surface area contributed by atoms with Crippen molar-refractivity contribution in [2.75, 3.05) is 7.11 Å². The number of Topliss-reactive ketones (excluding diaryl/α,β-unsaturated/α-hetero) is 1. The minimum Gasteiger partial charge on any atom is -0.494 e. The van der Waals surface area contributed by atoms with Crippen LogP contribution in [0.3, 0.4) is 0 Å². The van der Waals surface area contributed by atoms with E-state index in [1.165, 1.54) is 13.2 Å². The van der Waals surface area contributed by atoms with Gasteiger partial charge < -0.3 is 9.84 Å². The van der Waals surface area contributed by atoms with Gasteiger partial charge in [0.2, 0.25) is 0 Å². The van der Waals surface area contributed by atoms with Gasteiger partial charge >= 0.3 is 5.97 Å². The Morgan fingerprint density at radius 3 is 2.47 bits per heavy atom. The van der Waals surface area contributed by atoms with Gasteiger partial charge in [0.25, 0.3) is 5.78 Å². The summed E-state index contributed by atoms with van der Waals surface area (Å²) in [6.45, 7) is 1.74. The quantitative estimate of drug-likeness (QED) is 0.634. The highest BCUT2D eigenvalue weighted by Gasteiger charge is 2.21. The van der Waals surface area contributed by atoms with E-state index in [2.05, 4.69) is 0 Å².